The first-order valence-corrected chi connectivity index (χ1v) is 4.80. The molecule has 0 aliphatic rings. The van der Waals surface area contributed by atoms with E-state index in [1.54, 1.807) is 12.1 Å². The number of hydrogen-bond acceptors (Lipinski definition) is 3. The molecule has 2 N–H and O–H groups in total. The number of anilines is 1. The summed E-state index contributed by atoms with van der Waals surface area (Å²) in [5.41, 5.74) is 0.542. The van der Waals surface area contributed by atoms with Crippen LogP contribution in [0.1, 0.15) is 6.42 Å². The van der Waals surface area contributed by atoms with E-state index in [-0.39, 0.29) is 12.3 Å². The molecule has 0 unspecified atom stereocenters. The maximum Gasteiger partial charge on any atom is 0.229 e. The Morgan fingerprint density at radius 2 is 2.20 bits per heavy atom. The van der Waals surface area contributed by atoms with Gasteiger partial charge in [-0.15, -0.1) is 5.16 Å². The summed E-state index contributed by atoms with van der Waals surface area (Å²) in [7, 11) is 0. The van der Waals surface area contributed by atoms with Gasteiger partial charge in [-0.3, -0.25) is 4.79 Å². The summed E-state index contributed by atoms with van der Waals surface area (Å²) in [5, 5.41) is 14.2. The summed E-state index contributed by atoms with van der Waals surface area (Å²) in [4.78, 5) is 11.2. The normalized spacial score (nSPS) is 10.5. The second kappa shape index (κ2) is 5.58. The molecule has 0 radical (unpaired) electrons. The molecule has 0 saturated carbocycles. The molecular weight excluding hydrogens is 239 g/mol. The van der Waals surface area contributed by atoms with E-state index < -0.39 is 0 Å². The summed E-state index contributed by atoms with van der Waals surface area (Å²) < 4.78 is 0. The number of nitrogens with zero attached hydrogens (tertiary/aromatic N) is 1. The topological polar surface area (TPSA) is 61.7 Å². The van der Waals surface area contributed by atoms with Crippen LogP contribution in [-0.2, 0) is 4.79 Å². The molecule has 4 nitrogen and oxygen atoms in total. The average Bonchev–Trinajstić information content (AvgIpc) is 2.20. The third-order valence-corrected chi connectivity index (χ3v) is 2.30. The van der Waals surface area contributed by atoms with Crippen molar-refractivity contribution in [2.75, 3.05) is 5.32 Å². The number of carbonyl (C=O) groups excluding carboxylic acids is 1. The summed E-state index contributed by atoms with van der Waals surface area (Å²) in [5.74, 6) is -0.300. The van der Waals surface area contributed by atoms with Crippen molar-refractivity contribution in [3.63, 3.8) is 0 Å². The molecule has 0 aliphatic heterocycles. The van der Waals surface area contributed by atoms with E-state index in [4.69, 9.17) is 28.4 Å². The smallest absolute Gasteiger partial charge is 0.229 e. The van der Waals surface area contributed by atoms with E-state index >= 15 is 0 Å². The van der Waals surface area contributed by atoms with Gasteiger partial charge in [-0.05, 0) is 18.2 Å². The van der Waals surface area contributed by atoms with Gasteiger partial charge in [-0.25, -0.2) is 0 Å². The minimum Gasteiger partial charge on any atom is -0.411 e. The van der Waals surface area contributed by atoms with Gasteiger partial charge in [0.1, 0.15) is 0 Å². The zero-order valence-electron chi connectivity index (χ0n) is 7.58. The molecule has 0 aliphatic carbocycles. The number of oxime groups is 1. The molecule has 1 amide bonds. The van der Waals surface area contributed by atoms with Gasteiger partial charge < -0.3 is 10.5 Å². The number of rotatable bonds is 3. The van der Waals surface area contributed by atoms with Gasteiger partial charge in [0.25, 0.3) is 0 Å². The van der Waals surface area contributed by atoms with Crippen molar-refractivity contribution in [1.29, 1.82) is 0 Å². The summed E-state index contributed by atoms with van der Waals surface area (Å²) >= 11 is 11.5. The zero-order chi connectivity index (χ0) is 11.3. The Morgan fingerprint density at radius 3 is 2.80 bits per heavy atom. The SMILES string of the molecule is O=C(CC=NO)Nc1ccc(Cl)c(Cl)c1. The van der Waals surface area contributed by atoms with Crippen LogP contribution in [0, 0.1) is 0 Å². The third kappa shape index (κ3) is 3.77. The predicted molar refractivity (Wildman–Crippen MR) is 60.0 cm³/mol. The van der Waals surface area contributed by atoms with Crippen molar-refractivity contribution in [3.8, 4) is 0 Å². The van der Waals surface area contributed by atoms with Crippen molar-refractivity contribution in [2.45, 2.75) is 6.42 Å². The van der Waals surface area contributed by atoms with Gasteiger partial charge in [0.2, 0.25) is 5.91 Å². The first-order valence-electron chi connectivity index (χ1n) is 4.04. The van der Waals surface area contributed by atoms with Crippen molar-refractivity contribution in [3.05, 3.63) is 28.2 Å². The molecule has 0 aromatic heterocycles. The third-order valence-electron chi connectivity index (χ3n) is 1.56. The average molecular weight is 247 g/mol. The molecule has 1 rings (SSSR count). The van der Waals surface area contributed by atoms with E-state index in [9.17, 15) is 4.79 Å². The molecule has 0 heterocycles. The Kier molecular flexibility index (Phi) is 4.39. The molecule has 80 valence electrons. The van der Waals surface area contributed by atoms with Crippen LogP contribution in [0.5, 0.6) is 0 Å². The van der Waals surface area contributed by atoms with Gasteiger partial charge in [0.15, 0.2) is 0 Å². The minimum atomic E-state index is -0.300. The van der Waals surface area contributed by atoms with Crippen molar-refractivity contribution < 1.29 is 10.0 Å². The molecule has 0 saturated heterocycles. The number of benzene rings is 1. The molecule has 1 aromatic rings. The quantitative estimate of drug-likeness (QED) is 0.490. The van der Waals surface area contributed by atoms with E-state index in [2.05, 4.69) is 10.5 Å². The number of carbonyl (C=O) groups is 1. The van der Waals surface area contributed by atoms with Crippen LogP contribution in [0.2, 0.25) is 10.0 Å². The highest BCUT2D eigenvalue weighted by atomic mass is 35.5. The van der Waals surface area contributed by atoms with E-state index in [0.717, 1.165) is 6.21 Å². The Balaban J connectivity index is 2.65. The second-order valence-corrected chi connectivity index (χ2v) is 3.49. The lowest BCUT2D eigenvalue weighted by Gasteiger charge is -2.04. The molecule has 1 aromatic carbocycles. The fourth-order valence-corrected chi connectivity index (χ4v) is 1.21. The van der Waals surface area contributed by atoms with Crippen LogP contribution in [0.4, 0.5) is 5.69 Å². The van der Waals surface area contributed by atoms with Gasteiger partial charge in [0, 0.05) is 5.69 Å². The fraction of sp³-hybridized carbons (Fsp3) is 0.111. The second-order valence-electron chi connectivity index (χ2n) is 2.68. The Morgan fingerprint density at radius 1 is 1.47 bits per heavy atom. The highest BCUT2D eigenvalue weighted by Gasteiger charge is 2.03. The maximum atomic E-state index is 11.2. The Labute approximate surface area is 96.5 Å². The molecule has 0 fully saturated rings. The Hall–Kier alpha value is -1.26. The highest BCUT2D eigenvalue weighted by molar-refractivity contribution is 6.42. The lowest BCUT2D eigenvalue weighted by Crippen LogP contribution is -2.11. The minimum absolute atomic E-state index is 0.00323. The van der Waals surface area contributed by atoms with Crippen molar-refractivity contribution >= 4 is 41.0 Å². The van der Waals surface area contributed by atoms with Crippen LogP contribution in [0.3, 0.4) is 0 Å². The molecular formula is C9H8Cl2N2O2. The lowest BCUT2D eigenvalue weighted by atomic mass is 10.3. The van der Waals surface area contributed by atoms with Crippen molar-refractivity contribution in [1.82, 2.24) is 0 Å². The van der Waals surface area contributed by atoms with Crippen LogP contribution >= 0.6 is 23.2 Å². The summed E-state index contributed by atoms with van der Waals surface area (Å²) in [6, 6.07) is 4.75. The van der Waals surface area contributed by atoms with Crippen LogP contribution in [-0.4, -0.2) is 17.3 Å². The van der Waals surface area contributed by atoms with Gasteiger partial charge in [-0.2, -0.15) is 0 Å². The van der Waals surface area contributed by atoms with Gasteiger partial charge in [-0.1, -0.05) is 23.2 Å². The number of nitrogens with one attached hydrogen (secondary N) is 1. The molecule has 0 atom stereocenters. The van der Waals surface area contributed by atoms with Crippen LogP contribution in [0.15, 0.2) is 23.4 Å². The predicted octanol–water partition coefficient (Wildman–Crippen LogP) is 2.78. The standard InChI is InChI=1S/C9H8Cl2N2O2/c10-7-2-1-6(5-8(7)11)13-9(14)3-4-12-15/h1-2,4-5,15H,3H2,(H,13,14). The molecule has 6 heteroatoms. The van der Waals surface area contributed by atoms with E-state index in [1.165, 1.54) is 6.07 Å². The highest BCUT2D eigenvalue weighted by Crippen LogP contribution is 2.24. The summed E-state index contributed by atoms with van der Waals surface area (Å²) in [6.07, 6.45) is 1.09. The van der Waals surface area contributed by atoms with E-state index in [0.29, 0.717) is 15.7 Å². The fourth-order valence-electron chi connectivity index (χ4n) is 0.910. The molecule has 0 bridgehead atoms. The van der Waals surface area contributed by atoms with E-state index in [1.807, 2.05) is 0 Å². The summed E-state index contributed by atoms with van der Waals surface area (Å²) in [6.45, 7) is 0. The number of amides is 1. The van der Waals surface area contributed by atoms with Crippen molar-refractivity contribution in [2.24, 2.45) is 5.16 Å². The largest absolute Gasteiger partial charge is 0.411 e. The number of hydrogen-bond donors (Lipinski definition) is 2. The first kappa shape index (κ1) is 11.8. The number of halogens is 2. The van der Waals surface area contributed by atoms with Crippen LogP contribution < -0.4 is 5.32 Å². The van der Waals surface area contributed by atoms with Gasteiger partial charge >= 0.3 is 0 Å². The maximum absolute atomic E-state index is 11.2. The lowest BCUT2D eigenvalue weighted by molar-refractivity contribution is -0.115. The monoisotopic (exact) mass is 246 g/mol. The van der Waals surface area contributed by atoms with Crippen LogP contribution in [0.25, 0.3) is 0 Å². The Bertz CT molecular complexity index is 394. The molecule has 0 spiro atoms. The zero-order valence-corrected chi connectivity index (χ0v) is 9.09. The van der Waals surface area contributed by atoms with Gasteiger partial charge in [0.05, 0.1) is 22.7 Å². The first-order chi connectivity index (χ1) is 7.13. The molecule has 15 heavy (non-hydrogen) atoms.